The van der Waals surface area contributed by atoms with Gasteiger partial charge in [-0.25, -0.2) is 0 Å². The number of anilines is 1. The van der Waals surface area contributed by atoms with E-state index in [1.54, 1.807) is 10.8 Å². The van der Waals surface area contributed by atoms with Gasteiger partial charge in [0.1, 0.15) is 6.61 Å². The van der Waals surface area contributed by atoms with Crippen LogP contribution in [-0.2, 0) is 6.61 Å². The van der Waals surface area contributed by atoms with E-state index in [9.17, 15) is 14.9 Å². The first kappa shape index (κ1) is 13.8. The monoisotopic (exact) mass is 293 g/mol. The molecule has 1 heterocycles. The predicted octanol–water partition coefficient (Wildman–Crippen LogP) is 1.92. The minimum absolute atomic E-state index is 0.0168. The summed E-state index contributed by atoms with van der Waals surface area (Å²) in [6.45, 7) is 0.0817. The van der Waals surface area contributed by atoms with E-state index < -0.39 is 10.8 Å². The summed E-state index contributed by atoms with van der Waals surface area (Å²) in [7, 11) is 0. The number of hydrogen-bond donors (Lipinski definition) is 2. The number of nitro groups is 1. The Balaban J connectivity index is 2.28. The number of primary amides is 1. The van der Waals surface area contributed by atoms with Crippen molar-refractivity contribution in [3.8, 4) is 5.75 Å². The quantitative estimate of drug-likeness (QED) is 0.644. The number of carbonyl (C=O) groups is 1. The lowest BCUT2D eigenvalue weighted by Gasteiger charge is -2.07. The van der Waals surface area contributed by atoms with E-state index in [0.29, 0.717) is 5.69 Å². The zero-order valence-corrected chi connectivity index (χ0v) is 11.1. The number of hydrogen-bond acceptors (Lipinski definition) is 6. The maximum absolute atomic E-state index is 11.1. The molecule has 1 amide bonds. The Hall–Kier alpha value is -2.61. The van der Waals surface area contributed by atoms with Crippen molar-refractivity contribution < 1.29 is 14.5 Å². The van der Waals surface area contributed by atoms with Gasteiger partial charge in [-0.1, -0.05) is 0 Å². The topological polar surface area (TPSA) is 121 Å². The van der Waals surface area contributed by atoms with Crippen LogP contribution >= 0.6 is 11.3 Å². The predicted molar refractivity (Wildman–Crippen MR) is 74.7 cm³/mol. The molecule has 0 saturated carbocycles. The second-order valence-corrected chi connectivity index (χ2v) is 4.69. The molecule has 0 spiro atoms. The molecular weight excluding hydrogens is 282 g/mol. The zero-order valence-electron chi connectivity index (χ0n) is 10.2. The van der Waals surface area contributed by atoms with Crippen molar-refractivity contribution in [3.63, 3.8) is 0 Å². The molecule has 4 N–H and O–H groups in total. The smallest absolute Gasteiger partial charge is 0.310 e. The van der Waals surface area contributed by atoms with Crippen molar-refractivity contribution in [2.75, 3.05) is 5.73 Å². The summed E-state index contributed by atoms with van der Waals surface area (Å²) in [4.78, 5) is 21.4. The summed E-state index contributed by atoms with van der Waals surface area (Å²) in [6.07, 6.45) is 0. The van der Waals surface area contributed by atoms with Crippen LogP contribution in [0.1, 0.15) is 15.9 Å². The van der Waals surface area contributed by atoms with E-state index in [-0.39, 0.29) is 23.6 Å². The van der Waals surface area contributed by atoms with Gasteiger partial charge < -0.3 is 16.2 Å². The van der Waals surface area contributed by atoms with Crippen molar-refractivity contribution in [3.05, 3.63) is 50.2 Å². The van der Waals surface area contributed by atoms with Crippen molar-refractivity contribution >= 4 is 28.6 Å². The van der Waals surface area contributed by atoms with E-state index in [1.165, 1.54) is 29.5 Å². The standard InChI is InChI=1S/C12H11N3O4S/c13-9-6-20-5-8(9)4-19-11-3-7(12(14)16)1-2-10(11)15(17)18/h1-3,5-6H,4,13H2,(H2,14,16). The Morgan fingerprint density at radius 2 is 2.15 bits per heavy atom. The lowest BCUT2D eigenvalue weighted by Crippen LogP contribution is -2.11. The highest BCUT2D eigenvalue weighted by Crippen LogP contribution is 2.29. The lowest BCUT2D eigenvalue weighted by atomic mass is 10.2. The highest BCUT2D eigenvalue weighted by molar-refractivity contribution is 7.08. The number of nitrogen functional groups attached to an aromatic ring is 1. The SMILES string of the molecule is NC(=O)c1ccc([N+](=O)[O-])c(OCc2cscc2N)c1. The normalized spacial score (nSPS) is 10.2. The molecule has 2 rings (SSSR count). The Kier molecular flexibility index (Phi) is 3.85. The summed E-state index contributed by atoms with van der Waals surface area (Å²) in [5.74, 6) is -0.698. The van der Waals surface area contributed by atoms with Gasteiger partial charge in [-0.05, 0) is 11.4 Å². The van der Waals surface area contributed by atoms with Crippen LogP contribution in [0, 0.1) is 10.1 Å². The molecule has 0 atom stereocenters. The fourth-order valence-corrected chi connectivity index (χ4v) is 2.27. The number of benzene rings is 1. The third-order valence-corrected chi connectivity index (χ3v) is 3.41. The molecule has 0 unspecified atom stereocenters. The van der Waals surface area contributed by atoms with Gasteiger partial charge in [-0.3, -0.25) is 14.9 Å². The van der Waals surface area contributed by atoms with Gasteiger partial charge in [0.15, 0.2) is 5.75 Å². The molecule has 0 aliphatic rings. The Morgan fingerprint density at radius 3 is 2.70 bits per heavy atom. The van der Waals surface area contributed by atoms with Crippen LogP contribution in [0.2, 0.25) is 0 Å². The number of nitro benzene ring substituents is 1. The van der Waals surface area contributed by atoms with Crippen LogP contribution < -0.4 is 16.2 Å². The highest BCUT2D eigenvalue weighted by Gasteiger charge is 2.17. The summed E-state index contributed by atoms with van der Waals surface area (Å²) < 4.78 is 5.39. The van der Waals surface area contributed by atoms with Gasteiger partial charge in [0, 0.05) is 34.3 Å². The van der Waals surface area contributed by atoms with Crippen LogP contribution in [0.5, 0.6) is 5.75 Å². The van der Waals surface area contributed by atoms with E-state index >= 15 is 0 Å². The van der Waals surface area contributed by atoms with Crippen molar-refractivity contribution in [1.29, 1.82) is 0 Å². The second-order valence-electron chi connectivity index (χ2n) is 3.94. The first-order valence-electron chi connectivity index (χ1n) is 5.50. The van der Waals surface area contributed by atoms with Gasteiger partial charge in [-0.2, -0.15) is 0 Å². The molecule has 0 bridgehead atoms. The largest absolute Gasteiger partial charge is 0.482 e. The molecule has 0 saturated heterocycles. The second kappa shape index (κ2) is 5.57. The number of amides is 1. The maximum Gasteiger partial charge on any atom is 0.310 e. The molecule has 0 aliphatic carbocycles. The molecular formula is C12H11N3O4S. The fraction of sp³-hybridized carbons (Fsp3) is 0.0833. The number of nitrogens with two attached hydrogens (primary N) is 2. The molecule has 2 aromatic rings. The molecule has 0 fully saturated rings. The van der Waals surface area contributed by atoms with Gasteiger partial charge in [0.25, 0.3) is 0 Å². The Bertz CT molecular complexity index is 668. The molecule has 7 nitrogen and oxygen atoms in total. The van der Waals surface area contributed by atoms with E-state index in [0.717, 1.165) is 5.56 Å². The van der Waals surface area contributed by atoms with Crippen molar-refractivity contribution in [2.45, 2.75) is 6.61 Å². The minimum Gasteiger partial charge on any atom is -0.482 e. The number of nitrogens with zero attached hydrogens (tertiary/aromatic N) is 1. The summed E-state index contributed by atoms with van der Waals surface area (Å²) in [5.41, 5.74) is 12.0. The number of ether oxygens (including phenoxy) is 1. The Labute approximate surface area is 117 Å². The Morgan fingerprint density at radius 1 is 1.40 bits per heavy atom. The molecule has 1 aromatic carbocycles. The van der Waals surface area contributed by atoms with Gasteiger partial charge in [0.05, 0.1) is 4.92 Å². The summed E-state index contributed by atoms with van der Waals surface area (Å²) >= 11 is 1.41. The van der Waals surface area contributed by atoms with Crippen LogP contribution in [0.3, 0.4) is 0 Å². The number of carbonyl (C=O) groups excluding carboxylic acids is 1. The van der Waals surface area contributed by atoms with Crippen LogP contribution in [0.25, 0.3) is 0 Å². The van der Waals surface area contributed by atoms with E-state index in [2.05, 4.69) is 0 Å². The summed E-state index contributed by atoms with van der Waals surface area (Å²) in [6, 6.07) is 3.72. The first-order chi connectivity index (χ1) is 9.49. The minimum atomic E-state index is -0.681. The molecule has 0 radical (unpaired) electrons. The zero-order chi connectivity index (χ0) is 14.7. The van der Waals surface area contributed by atoms with Crippen LogP contribution in [0.4, 0.5) is 11.4 Å². The van der Waals surface area contributed by atoms with E-state index in [1.807, 2.05) is 0 Å². The molecule has 1 aromatic heterocycles. The fourth-order valence-electron chi connectivity index (χ4n) is 1.54. The number of thiophene rings is 1. The molecule has 8 heteroatoms. The molecule has 0 aliphatic heterocycles. The average Bonchev–Trinajstić information content (AvgIpc) is 2.81. The third kappa shape index (κ3) is 2.86. The maximum atomic E-state index is 11.1. The van der Waals surface area contributed by atoms with Gasteiger partial charge in [-0.15, -0.1) is 11.3 Å². The van der Waals surface area contributed by atoms with E-state index in [4.69, 9.17) is 16.2 Å². The lowest BCUT2D eigenvalue weighted by molar-refractivity contribution is -0.385. The van der Waals surface area contributed by atoms with Crippen molar-refractivity contribution in [1.82, 2.24) is 0 Å². The molecule has 20 heavy (non-hydrogen) atoms. The first-order valence-corrected chi connectivity index (χ1v) is 6.45. The van der Waals surface area contributed by atoms with Crippen molar-refractivity contribution in [2.24, 2.45) is 5.73 Å². The summed E-state index contributed by atoms with van der Waals surface area (Å²) in [5, 5.41) is 14.5. The average molecular weight is 293 g/mol. The van der Waals surface area contributed by atoms with Gasteiger partial charge >= 0.3 is 5.69 Å². The molecule has 104 valence electrons. The van der Waals surface area contributed by atoms with Gasteiger partial charge in [0.2, 0.25) is 5.91 Å². The van der Waals surface area contributed by atoms with Crippen LogP contribution in [0.15, 0.2) is 29.0 Å². The highest BCUT2D eigenvalue weighted by atomic mass is 32.1. The number of rotatable bonds is 5. The van der Waals surface area contributed by atoms with Crippen LogP contribution in [-0.4, -0.2) is 10.8 Å². The third-order valence-electron chi connectivity index (χ3n) is 2.60.